The molecule has 62 valence electrons. The van der Waals surface area contributed by atoms with Gasteiger partial charge >= 0.3 is 0 Å². The highest BCUT2D eigenvalue weighted by Gasteiger charge is 2.37. The molecule has 1 amide bonds. The van der Waals surface area contributed by atoms with E-state index < -0.39 is 0 Å². The number of nitrogens with zero attached hydrogens (tertiary/aromatic N) is 1. The summed E-state index contributed by atoms with van der Waals surface area (Å²) >= 11 is 0. The minimum Gasteiger partial charge on any atom is -0.355 e. The first-order valence-electron chi connectivity index (χ1n) is 4.23. The molecule has 2 fully saturated rings. The van der Waals surface area contributed by atoms with Crippen molar-refractivity contribution >= 4 is 5.91 Å². The lowest BCUT2D eigenvalue weighted by molar-refractivity contribution is -0.123. The number of rotatable bonds is 0. The fourth-order valence-electron chi connectivity index (χ4n) is 2.13. The van der Waals surface area contributed by atoms with Gasteiger partial charge in [-0.3, -0.25) is 4.79 Å². The molecule has 0 spiro atoms. The second-order valence-electron chi connectivity index (χ2n) is 3.66. The third kappa shape index (κ3) is 1.13. The molecule has 0 radical (unpaired) electrons. The number of hydrogen-bond acceptors (Lipinski definition) is 2. The van der Waals surface area contributed by atoms with Crippen molar-refractivity contribution in [2.75, 3.05) is 26.7 Å². The molecule has 2 rings (SSSR count). The summed E-state index contributed by atoms with van der Waals surface area (Å²) in [5.74, 6) is 1.19. The summed E-state index contributed by atoms with van der Waals surface area (Å²) in [6, 6.07) is 0. The number of piperidine rings is 1. The molecule has 0 bridgehead atoms. The zero-order chi connectivity index (χ0) is 7.84. The average Bonchev–Trinajstić information content (AvgIpc) is 2.32. The van der Waals surface area contributed by atoms with Crippen molar-refractivity contribution in [1.29, 1.82) is 0 Å². The molecule has 3 nitrogen and oxygen atoms in total. The molecular weight excluding hydrogens is 140 g/mol. The molecule has 2 aliphatic rings. The van der Waals surface area contributed by atoms with Crippen molar-refractivity contribution in [3.8, 4) is 0 Å². The van der Waals surface area contributed by atoms with Gasteiger partial charge < -0.3 is 10.2 Å². The Morgan fingerprint density at radius 2 is 2.45 bits per heavy atom. The molecule has 0 aromatic heterocycles. The number of carbonyl (C=O) groups is 1. The van der Waals surface area contributed by atoms with Gasteiger partial charge in [-0.1, -0.05) is 0 Å². The Hall–Kier alpha value is -0.570. The quantitative estimate of drug-likeness (QED) is 0.519. The molecule has 3 heteroatoms. The van der Waals surface area contributed by atoms with Gasteiger partial charge in [0, 0.05) is 24.9 Å². The first kappa shape index (κ1) is 7.10. The third-order valence-electron chi connectivity index (χ3n) is 2.81. The second-order valence-corrected chi connectivity index (χ2v) is 3.66. The van der Waals surface area contributed by atoms with Gasteiger partial charge in [0.05, 0.1) is 0 Å². The Morgan fingerprint density at radius 3 is 3.27 bits per heavy atom. The molecule has 0 aliphatic carbocycles. The van der Waals surface area contributed by atoms with Crippen molar-refractivity contribution < 1.29 is 4.79 Å². The maximum absolute atomic E-state index is 11.2. The normalized spacial score (nSPS) is 38.5. The van der Waals surface area contributed by atoms with E-state index in [9.17, 15) is 4.79 Å². The van der Waals surface area contributed by atoms with Crippen LogP contribution < -0.4 is 5.32 Å². The van der Waals surface area contributed by atoms with E-state index in [1.807, 2.05) is 0 Å². The lowest BCUT2D eigenvalue weighted by Crippen LogP contribution is -2.38. The highest BCUT2D eigenvalue weighted by molar-refractivity contribution is 5.81. The molecule has 0 unspecified atom stereocenters. The van der Waals surface area contributed by atoms with Crippen LogP contribution in [-0.4, -0.2) is 37.5 Å². The first-order valence-corrected chi connectivity index (χ1v) is 4.23. The highest BCUT2D eigenvalue weighted by Crippen LogP contribution is 2.26. The van der Waals surface area contributed by atoms with Crippen LogP contribution in [0.25, 0.3) is 0 Å². The van der Waals surface area contributed by atoms with E-state index in [1.165, 1.54) is 0 Å². The summed E-state index contributed by atoms with van der Waals surface area (Å²) in [6.07, 6.45) is 1.05. The van der Waals surface area contributed by atoms with Gasteiger partial charge in [0.15, 0.2) is 0 Å². The Kier molecular flexibility index (Phi) is 1.60. The van der Waals surface area contributed by atoms with Crippen molar-refractivity contribution in [1.82, 2.24) is 10.2 Å². The Bertz CT molecular complexity index is 181. The standard InChI is InChI=1S/C8H14N2O/c1-10-3-2-7-6(5-10)4-9-8(7)11/h6-7H,2-5H2,1H3,(H,9,11)/t6-,7-/m1/s1. The number of carbonyl (C=O) groups excluding carboxylic acids is 1. The van der Waals surface area contributed by atoms with Gasteiger partial charge in [-0.25, -0.2) is 0 Å². The van der Waals surface area contributed by atoms with Crippen LogP contribution in [0.2, 0.25) is 0 Å². The summed E-state index contributed by atoms with van der Waals surface area (Å²) in [7, 11) is 2.12. The average molecular weight is 154 g/mol. The van der Waals surface area contributed by atoms with Crippen LogP contribution in [-0.2, 0) is 4.79 Å². The predicted molar refractivity (Wildman–Crippen MR) is 42.1 cm³/mol. The van der Waals surface area contributed by atoms with Gasteiger partial charge in [-0.2, -0.15) is 0 Å². The van der Waals surface area contributed by atoms with Crippen molar-refractivity contribution in [3.63, 3.8) is 0 Å². The lowest BCUT2D eigenvalue weighted by atomic mass is 9.88. The van der Waals surface area contributed by atoms with Crippen LogP contribution in [0, 0.1) is 11.8 Å². The molecule has 2 saturated heterocycles. The van der Waals surface area contributed by atoms with E-state index in [0.29, 0.717) is 11.8 Å². The minimum atomic E-state index is 0.281. The van der Waals surface area contributed by atoms with Crippen molar-refractivity contribution in [3.05, 3.63) is 0 Å². The van der Waals surface area contributed by atoms with Crippen LogP contribution in [0.4, 0.5) is 0 Å². The SMILES string of the molecule is CN1CC[C@H]2C(=O)NC[C@@H]2C1. The summed E-state index contributed by atoms with van der Waals surface area (Å²) in [5.41, 5.74) is 0. The summed E-state index contributed by atoms with van der Waals surface area (Å²) in [6.45, 7) is 3.06. The monoisotopic (exact) mass is 154 g/mol. The van der Waals surface area contributed by atoms with Gasteiger partial charge in [0.2, 0.25) is 5.91 Å². The Balaban J connectivity index is 2.06. The van der Waals surface area contributed by atoms with E-state index in [2.05, 4.69) is 17.3 Å². The minimum absolute atomic E-state index is 0.281. The van der Waals surface area contributed by atoms with Crippen LogP contribution in [0.15, 0.2) is 0 Å². The molecule has 0 aromatic carbocycles. The van der Waals surface area contributed by atoms with E-state index in [0.717, 1.165) is 26.1 Å². The molecular formula is C8H14N2O. The predicted octanol–water partition coefficient (Wildman–Crippen LogP) is -0.316. The molecule has 2 atom stereocenters. The van der Waals surface area contributed by atoms with Crippen molar-refractivity contribution in [2.24, 2.45) is 11.8 Å². The van der Waals surface area contributed by atoms with Crippen LogP contribution in [0.1, 0.15) is 6.42 Å². The number of hydrogen-bond donors (Lipinski definition) is 1. The highest BCUT2D eigenvalue weighted by atomic mass is 16.2. The maximum Gasteiger partial charge on any atom is 0.223 e. The maximum atomic E-state index is 11.2. The van der Waals surface area contributed by atoms with E-state index in [-0.39, 0.29) is 5.91 Å². The third-order valence-corrected chi connectivity index (χ3v) is 2.81. The molecule has 2 aliphatic heterocycles. The molecule has 11 heavy (non-hydrogen) atoms. The Morgan fingerprint density at radius 1 is 1.64 bits per heavy atom. The van der Waals surface area contributed by atoms with Gasteiger partial charge in [0.1, 0.15) is 0 Å². The van der Waals surface area contributed by atoms with Gasteiger partial charge in [-0.05, 0) is 20.0 Å². The van der Waals surface area contributed by atoms with Gasteiger partial charge in [-0.15, -0.1) is 0 Å². The summed E-state index contributed by atoms with van der Waals surface area (Å²) in [5, 5.41) is 2.92. The number of likely N-dealkylation sites (tertiary alicyclic amines) is 1. The molecule has 0 saturated carbocycles. The lowest BCUT2D eigenvalue weighted by Gasteiger charge is -2.30. The van der Waals surface area contributed by atoms with Crippen molar-refractivity contribution in [2.45, 2.75) is 6.42 Å². The van der Waals surface area contributed by atoms with Crippen LogP contribution in [0.3, 0.4) is 0 Å². The van der Waals surface area contributed by atoms with E-state index >= 15 is 0 Å². The summed E-state index contributed by atoms with van der Waals surface area (Å²) < 4.78 is 0. The number of amides is 1. The van der Waals surface area contributed by atoms with Crippen LogP contribution in [0.5, 0.6) is 0 Å². The van der Waals surface area contributed by atoms with Gasteiger partial charge in [0.25, 0.3) is 0 Å². The second kappa shape index (κ2) is 2.48. The fourth-order valence-corrected chi connectivity index (χ4v) is 2.13. The van der Waals surface area contributed by atoms with Crippen LogP contribution >= 0.6 is 0 Å². The fraction of sp³-hybridized carbons (Fsp3) is 0.875. The first-order chi connectivity index (χ1) is 5.27. The molecule has 1 N–H and O–H groups in total. The Labute approximate surface area is 66.8 Å². The number of nitrogens with one attached hydrogen (secondary N) is 1. The number of fused-ring (bicyclic) bond motifs is 1. The molecule has 0 aromatic rings. The zero-order valence-corrected chi connectivity index (χ0v) is 6.84. The van der Waals surface area contributed by atoms with E-state index in [4.69, 9.17) is 0 Å². The summed E-state index contributed by atoms with van der Waals surface area (Å²) in [4.78, 5) is 13.5. The van der Waals surface area contributed by atoms with E-state index in [1.54, 1.807) is 0 Å². The topological polar surface area (TPSA) is 32.3 Å². The molecule has 2 heterocycles. The smallest absolute Gasteiger partial charge is 0.223 e. The largest absolute Gasteiger partial charge is 0.355 e. The zero-order valence-electron chi connectivity index (χ0n) is 6.84.